The van der Waals surface area contributed by atoms with Crippen LogP contribution in [-0.2, 0) is 11.3 Å². The van der Waals surface area contributed by atoms with E-state index in [0.29, 0.717) is 30.9 Å². The minimum atomic E-state index is -0.165. The molecule has 3 heterocycles. The molecule has 2 aromatic rings. The molecule has 1 saturated heterocycles. The summed E-state index contributed by atoms with van der Waals surface area (Å²) in [6, 6.07) is 6.86. The van der Waals surface area contributed by atoms with E-state index < -0.39 is 0 Å². The van der Waals surface area contributed by atoms with Crippen molar-refractivity contribution in [2.45, 2.75) is 32.1 Å². The predicted molar refractivity (Wildman–Crippen MR) is 89.3 cm³/mol. The number of amides is 2. The van der Waals surface area contributed by atoms with E-state index >= 15 is 0 Å². The maximum absolute atomic E-state index is 12.5. The van der Waals surface area contributed by atoms with E-state index in [1.807, 2.05) is 4.68 Å². The van der Waals surface area contributed by atoms with Gasteiger partial charge in [-0.25, -0.2) is 9.48 Å². The molecule has 2 amide bonds. The van der Waals surface area contributed by atoms with Gasteiger partial charge in [0.1, 0.15) is 0 Å². The summed E-state index contributed by atoms with van der Waals surface area (Å²) in [7, 11) is 0. The molecule has 0 bridgehead atoms. The number of aromatic nitrogens is 3. The van der Waals surface area contributed by atoms with E-state index in [9.17, 15) is 9.59 Å². The van der Waals surface area contributed by atoms with Gasteiger partial charge in [0.05, 0.1) is 37.2 Å². The van der Waals surface area contributed by atoms with Crippen molar-refractivity contribution in [3.8, 4) is 0 Å². The molecule has 1 N–H and O–H groups in total. The van der Waals surface area contributed by atoms with E-state index in [0.717, 1.165) is 12.1 Å². The highest BCUT2D eigenvalue weighted by Crippen LogP contribution is 2.30. The SMILES string of the molecule is CC(=O)c1ccc(NC(=O)N2CC[C@H]3[C@H](C2)OCc2cnnn23)cc1. The van der Waals surface area contributed by atoms with E-state index in [-0.39, 0.29) is 24.0 Å². The molecule has 2 aliphatic heterocycles. The zero-order valence-corrected chi connectivity index (χ0v) is 13.9. The average molecular weight is 341 g/mol. The number of benzene rings is 1. The average Bonchev–Trinajstić information content (AvgIpc) is 3.10. The second-order valence-electron chi connectivity index (χ2n) is 6.39. The monoisotopic (exact) mass is 341 g/mol. The number of ether oxygens (including phenoxy) is 1. The Labute approximate surface area is 144 Å². The van der Waals surface area contributed by atoms with Gasteiger partial charge in [0, 0.05) is 17.8 Å². The van der Waals surface area contributed by atoms with Crippen molar-refractivity contribution in [3.05, 3.63) is 41.7 Å². The Morgan fingerprint density at radius 2 is 2.08 bits per heavy atom. The summed E-state index contributed by atoms with van der Waals surface area (Å²) >= 11 is 0. The molecule has 2 atom stereocenters. The molecule has 0 radical (unpaired) electrons. The number of urea groups is 1. The number of piperidine rings is 1. The van der Waals surface area contributed by atoms with Crippen LogP contribution in [0.15, 0.2) is 30.5 Å². The number of nitrogens with zero attached hydrogens (tertiary/aromatic N) is 4. The summed E-state index contributed by atoms with van der Waals surface area (Å²) in [5.74, 6) is 0.00174. The number of rotatable bonds is 2. The van der Waals surface area contributed by atoms with E-state index in [1.165, 1.54) is 6.92 Å². The van der Waals surface area contributed by atoms with Crippen LogP contribution in [0.4, 0.5) is 10.5 Å². The molecule has 1 aromatic heterocycles. The smallest absolute Gasteiger partial charge is 0.321 e. The number of Topliss-reactive ketones (excluding diaryl/α,β-unsaturated/α-hetero) is 1. The van der Waals surface area contributed by atoms with Crippen LogP contribution in [0, 0.1) is 0 Å². The van der Waals surface area contributed by atoms with Crippen LogP contribution < -0.4 is 5.32 Å². The Bertz CT molecular complexity index is 801. The topological polar surface area (TPSA) is 89.3 Å². The van der Waals surface area contributed by atoms with Gasteiger partial charge in [0.25, 0.3) is 0 Å². The van der Waals surface area contributed by atoms with Gasteiger partial charge in [0.2, 0.25) is 0 Å². The van der Waals surface area contributed by atoms with Gasteiger partial charge in [-0.15, -0.1) is 5.10 Å². The first-order valence-corrected chi connectivity index (χ1v) is 8.29. The van der Waals surface area contributed by atoms with Crippen molar-refractivity contribution >= 4 is 17.5 Å². The van der Waals surface area contributed by atoms with Crippen molar-refractivity contribution in [3.63, 3.8) is 0 Å². The van der Waals surface area contributed by atoms with Crippen molar-refractivity contribution < 1.29 is 14.3 Å². The number of hydrogen-bond acceptors (Lipinski definition) is 5. The molecule has 2 aliphatic rings. The highest BCUT2D eigenvalue weighted by molar-refractivity contribution is 5.95. The molecule has 8 heteroatoms. The molecule has 8 nitrogen and oxygen atoms in total. The van der Waals surface area contributed by atoms with Crippen LogP contribution >= 0.6 is 0 Å². The number of likely N-dealkylation sites (tertiary alicyclic amines) is 1. The van der Waals surface area contributed by atoms with Crippen molar-refractivity contribution in [2.24, 2.45) is 0 Å². The van der Waals surface area contributed by atoms with E-state index in [2.05, 4.69) is 15.6 Å². The lowest BCUT2D eigenvalue weighted by molar-refractivity contribution is -0.0595. The molecule has 0 saturated carbocycles. The molecule has 130 valence electrons. The van der Waals surface area contributed by atoms with Crippen LogP contribution in [-0.4, -0.2) is 50.9 Å². The molecule has 1 fully saturated rings. The lowest BCUT2D eigenvalue weighted by atomic mass is 10.0. The molecule has 0 aliphatic carbocycles. The molecule has 0 spiro atoms. The van der Waals surface area contributed by atoms with Crippen molar-refractivity contribution in [2.75, 3.05) is 18.4 Å². The van der Waals surface area contributed by atoms with Crippen molar-refractivity contribution in [1.29, 1.82) is 0 Å². The van der Waals surface area contributed by atoms with Gasteiger partial charge in [0.15, 0.2) is 5.78 Å². The first-order chi connectivity index (χ1) is 12.1. The third kappa shape index (κ3) is 3.00. The predicted octanol–water partition coefficient (Wildman–Crippen LogP) is 1.86. The summed E-state index contributed by atoms with van der Waals surface area (Å²) in [4.78, 5) is 25.6. The van der Waals surface area contributed by atoms with Crippen LogP contribution in [0.5, 0.6) is 0 Å². The Hall–Kier alpha value is -2.74. The van der Waals surface area contributed by atoms with Crippen LogP contribution in [0.1, 0.15) is 35.4 Å². The highest BCUT2D eigenvalue weighted by Gasteiger charge is 2.37. The molecular formula is C17H19N5O3. The fourth-order valence-electron chi connectivity index (χ4n) is 3.36. The second kappa shape index (κ2) is 6.29. The molecular weight excluding hydrogens is 322 g/mol. The maximum Gasteiger partial charge on any atom is 0.321 e. The first kappa shape index (κ1) is 15.8. The fraction of sp³-hybridized carbons (Fsp3) is 0.412. The number of nitrogens with one attached hydrogen (secondary N) is 1. The minimum Gasteiger partial charge on any atom is -0.368 e. The lowest BCUT2D eigenvalue weighted by Gasteiger charge is -2.40. The third-order valence-electron chi connectivity index (χ3n) is 4.76. The highest BCUT2D eigenvalue weighted by atomic mass is 16.5. The number of hydrogen-bond donors (Lipinski definition) is 1. The second-order valence-corrected chi connectivity index (χ2v) is 6.39. The number of carbonyl (C=O) groups excluding carboxylic acids is 2. The normalized spacial score (nSPS) is 22.0. The molecule has 4 rings (SSSR count). The summed E-state index contributed by atoms with van der Waals surface area (Å²) in [5.41, 5.74) is 2.27. The van der Waals surface area contributed by atoms with Crippen molar-refractivity contribution in [1.82, 2.24) is 19.9 Å². The van der Waals surface area contributed by atoms with Gasteiger partial charge in [-0.05, 0) is 37.6 Å². The number of anilines is 1. The van der Waals surface area contributed by atoms with Gasteiger partial charge in [-0.3, -0.25) is 4.79 Å². The summed E-state index contributed by atoms with van der Waals surface area (Å²) < 4.78 is 7.80. The summed E-state index contributed by atoms with van der Waals surface area (Å²) in [6.45, 7) is 3.13. The minimum absolute atomic E-state index is 0.00174. The summed E-state index contributed by atoms with van der Waals surface area (Å²) in [5, 5.41) is 11.0. The number of ketones is 1. The third-order valence-corrected chi connectivity index (χ3v) is 4.76. The lowest BCUT2D eigenvalue weighted by Crippen LogP contribution is -2.51. The first-order valence-electron chi connectivity index (χ1n) is 8.29. The Kier molecular flexibility index (Phi) is 3.96. The van der Waals surface area contributed by atoms with Gasteiger partial charge in [-0.2, -0.15) is 0 Å². The Morgan fingerprint density at radius 3 is 2.84 bits per heavy atom. The number of fused-ring (bicyclic) bond motifs is 3. The van der Waals surface area contributed by atoms with Gasteiger partial charge < -0.3 is 15.0 Å². The van der Waals surface area contributed by atoms with Crippen LogP contribution in [0.2, 0.25) is 0 Å². The quantitative estimate of drug-likeness (QED) is 0.842. The molecule has 1 aromatic carbocycles. The van der Waals surface area contributed by atoms with Gasteiger partial charge in [-0.1, -0.05) is 5.21 Å². The van der Waals surface area contributed by atoms with E-state index in [4.69, 9.17) is 4.74 Å². The van der Waals surface area contributed by atoms with Gasteiger partial charge >= 0.3 is 6.03 Å². The number of carbonyl (C=O) groups is 2. The van der Waals surface area contributed by atoms with Crippen LogP contribution in [0.3, 0.4) is 0 Å². The largest absolute Gasteiger partial charge is 0.368 e. The Balaban J connectivity index is 1.40. The fourth-order valence-corrected chi connectivity index (χ4v) is 3.36. The molecule has 0 unspecified atom stereocenters. The Morgan fingerprint density at radius 1 is 1.28 bits per heavy atom. The van der Waals surface area contributed by atoms with E-state index in [1.54, 1.807) is 35.4 Å². The zero-order chi connectivity index (χ0) is 17.4. The standard InChI is InChI=1S/C17H19N5O3/c1-11(23)12-2-4-13(5-3-12)19-17(24)21-7-6-15-16(9-21)25-10-14-8-18-20-22(14)15/h2-5,8,15-16H,6-7,9-10H2,1H3,(H,19,24)/t15-,16-/m0/s1. The zero-order valence-electron chi connectivity index (χ0n) is 13.9. The summed E-state index contributed by atoms with van der Waals surface area (Å²) in [6.07, 6.45) is 2.42. The maximum atomic E-state index is 12.5. The molecule has 25 heavy (non-hydrogen) atoms. The van der Waals surface area contributed by atoms with Crippen LogP contribution in [0.25, 0.3) is 0 Å².